The predicted octanol–water partition coefficient (Wildman–Crippen LogP) is 2.49. The molecule has 4 nitrogen and oxygen atoms in total. The molecule has 1 aliphatic carbocycles. The van der Waals surface area contributed by atoms with Crippen molar-refractivity contribution in [1.29, 1.82) is 0 Å². The Morgan fingerprint density at radius 3 is 2.75 bits per heavy atom. The fraction of sp³-hybridized carbons (Fsp3) is 0.467. The van der Waals surface area contributed by atoms with Crippen molar-refractivity contribution in [3.8, 4) is 0 Å². The van der Waals surface area contributed by atoms with Crippen molar-refractivity contribution in [2.75, 3.05) is 6.26 Å². The summed E-state index contributed by atoms with van der Waals surface area (Å²) in [5, 5.41) is 0. The van der Waals surface area contributed by atoms with Gasteiger partial charge in [-0.05, 0) is 43.4 Å². The van der Waals surface area contributed by atoms with E-state index in [1.807, 2.05) is 6.07 Å². The van der Waals surface area contributed by atoms with Crippen LogP contribution in [0.2, 0.25) is 0 Å². The van der Waals surface area contributed by atoms with Crippen LogP contribution in [-0.2, 0) is 9.84 Å². The van der Waals surface area contributed by atoms with Crippen molar-refractivity contribution in [2.24, 2.45) is 5.84 Å². The molecule has 20 heavy (non-hydrogen) atoms. The first-order chi connectivity index (χ1) is 9.52. The first kappa shape index (κ1) is 15.2. The zero-order valence-corrected chi connectivity index (χ0v) is 12.6. The second-order valence-electron chi connectivity index (χ2n) is 5.32. The Balaban J connectivity index is 2.34. The number of sulfone groups is 1. The highest BCUT2D eigenvalue weighted by Crippen LogP contribution is 2.29. The topological polar surface area (TPSA) is 72.2 Å². The Bertz CT molecular complexity index is 594. The van der Waals surface area contributed by atoms with Crippen LogP contribution in [0.25, 0.3) is 0 Å². The molecule has 110 valence electrons. The standard InChI is InChI=1S/C15H22N2O2S/c1-20(18,19)14-10-6-9-13(11-14)15(17-16)12-7-4-2-3-5-8-12/h6-7,9-11,15,17H,2-5,8,16H2,1H3. The van der Waals surface area contributed by atoms with Crippen molar-refractivity contribution < 1.29 is 8.42 Å². The average molecular weight is 294 g/mol. The molecular formula is C15H22N2O2S. The lowest BCUT2D eigenvalue weighted by molar-refractivity contribution is 0.588. The lowest BCUT2D eigenvalue weighted by atomic mass is 9.96. The minimum Gasteiger partial charge on any atom is -0.271 e. The molecule has 0 spiro atoms. The van der Waals surface area contributed by atoms with Gasteiger partial charge in [0.05, 0.1) is 10.9 Å². The lowest BCUT2D eigenvalue weighted by Crippen LogP contribution is -2.29. The first-order valence-corrected chi connectivity index (χ1v) is 8.86. The Labute approximate surface area is 121 Å². The molecule has 3 N–H and O–H groups in total. The van der Waals surface area contributed by atoms with Gasteiger partial charge in [-0.2, -0.15) is 0 Å². The van der Waals surface area contributed by atoms with Crippen LogP contribution >= 0.6 is 0 Å². The highest BCUT2D eigenvalue weighted by atomic mass is 32.2. The minimum absolute atomic E-state index is 0.102. The number of hydrogen-bond donors (Lipinski definition) is 2. The van der Waals surface area contributed by atoms with Gasteiger partial charge in [0.25, 0.3) is 0 Å². The molecule has 1 atom stereocenters. The number of allylic oxidation sites excluding steroid dienone is 1. The second-order valence-corrected chi connectivity index (χ2v) is 7.34. The summed E-state index contributed by atoms with van der Waals surface area (Å²) in [5.74, 6) is 5.71. The van der Waals surface area contributed by atoms with E-state index >= 15 is 0 Å². The number of nitrogens with one attached hydrogen (secondary N) is 1. The molecule has 0 fully saturated rings. The molecule has 5 heteroatoms. The van der Waals surface area contributed by atoms with Gasteiger partial charge in [-0.1, -0.05) is 30.2 Å². The van der Waals surface area contributed by atoms with Gasteiger partial charge in [-0.15, -0.1) is 0 Å². The molecule has 0 bridgehead atoms. The third-order valence-electron chi connectivity index (χ3n) is 3.73. The van der Waals surface area contributed by atoms with Crippen LogP contribution in [0.3, 0.4) is 0 Å². The molecule has 0 aliphatic heterocycles. The maximum Gasteiger partial charge on any atom is 0.175 e. The average Bonchev–Trinajstić information content (AvgIpc) is 2.68. The van der Waals surface area contributed by atoms with E-state index in [1.165, 1.54) is 24.7 Å². The highest BCUT2D eigenvalue weighted by molar-refractivity contribution is 7.90. The minimum atomic E-state index is -3.19. The van der Waals surface area contributed by atoms with Crippen LogP contribution in [0.5, 0.6) is 0 Å². The van der Waals surface area contributed by atoms with E-state index < -0.39 is 9.84 Å². The molecule has 1 aromatic carbocycles. The Morgan fingerprint density at radius 2 is 2.05 bits per heavy atom. The SMILES string of the molecule is CS(=O)(=O)c1cccc(C(NN)C2=CCCCCC2)c1. The highest BCUT2D eigenvalue weighted by Gasteiger charge is 2.18. The van der Waals surface area contributed by atoms with Crippen molar-refractivity contribution >= 4 is 9.84 Å². The van der Waals surface area contributed by atoms with Gasteiger partial charge in [0.1, 0.15) is 0 Å². The fourth-order valence-corrected chi connectivity index (χ4v) is 3.32. The summed E-state index contributed by atoms with van der Waals surface area (Å²) < 4.78 is 23.3. The third kappa shape index (κ3) is 3.69. The molecular weight excluding hydrogens is 272 g/mol. The van der Waals surface area contributed by atoms with Gasteiger partial charge in [0.2, 0.25) is 0 Å². The smallest absolute Gasteiger partial charge is 0.175 e. The molecule has 0 heterocycles. The van der Waals surface area contributed by atoms with Crippen LogP contribution in [0.1, 0.15) is 43.7 Å². The van der Waals surface area contributed by atoms with E-state index in [0.717, 1.165) is 24.8 Å². The summed E-state index contributed by atoms with van der Waals surface area (Å²) >= 11 is 0. The Hall–Kier alpha value is -1.17. The van der Waals surface area contributed by atoms with Gasteiger partial charge in [0, 0.05) is 6.26 Å². The summed E-state index contributed by atoms with van der Waals surface area (Å²) in [6.45, 7) is 0. The van der Waals surface area contributed by atoms with Gasteiger partial charge in [-0.25, -0.2) is 13.8 Å². The summed E-state index contributed by atoms with van der Waals surface area (Å²) in [4.78, 5) is 0.337. The fourth-order valence-electron chi connectivity index (χ4n) is 2.64. The van der Waals surface area contributed by atoms with E-state index in [9.17, 15) is 8.42 Å². The zero-order chi connectivity index (χ0) is 14.6. The molecule has 1 aromatic rings. The summed E-state index contributed by atoms with van der Waals surface area (Å²) in [7, 11) is -3.19. The van der Waals surface area contributed by atoms with Crippen molar-refractivity contribution in [2.45, 2.75) is 43.0 Å². The number of hydrazine groups is 1. The van der Waals surface area contributed by atoms with E-state index in [4.69, 9.17) is 5.84 Å². The van der Waals surface area contributed by atoms with E-state index in [2.05, 4.69) is 11.5 Å². The zero-order valence-electron chi connectivity index (χ0n) is 11.8. The Kier molecular flexibility index (Phi) is 4.96. The summed E-state index contributed by atoms with van der Waals surface area (Å²) in [5.41, 5.74) is 5.00. The molecule has 1 unspecified atom stereocenters. The molecule has 2 rings (SSSR count). The van der Waals surface area contributed by atoms with Crippen LogP contribution in [0, 0.1) is 0 Å². The predicted molar refractivity (Wildman–Crippen MR) is 80.8 cm³/mol. The molecule has 1 aliphatic rings. The monoisotopic (exact) mass is 294 g/mol. The van der Waals surface area contributed by atoms with Crippen LogP contribution in [0.4, 0.5) is 0 Å². The van der Waals surface area contributed by atoms with Crippen LogP contribution in [0.15, 0.2) is 40.8 Å². The van der Waals surface area contributed by atoms with Gasteiger partial charge < -0.3 is 0 Å². The molecule has 0 amide bonds. The molecule has 0 radical (unpaired) electrons. The van der Waals surface area contributed by atoms with Gasteiger partial charge in [-0.3, -0.25) is 5.84 Å². The summed E-state index contributed by atoms with van der Waals surface area (Å²) in [6.07, 6.45) is 9.16. The van der Waals surface area contributed by atoms with Crippen molar-refractivity contribution in [3.05, 3.63) is 41.5 Å². The van der Waals surface area contributed by atoms with E-state index in [1.54, 1.807) is 18.2 Å². The largest absolute Gasteiger partial charge is 0.271 e. The van der Waals surface area contributed by atoms with E-state index in [0.29, 0.717) is 4.90 Å². The quantitative estimate of drug-likeness (QED) is 0.508. The third-order valence-corrected chi connectivity index (χ3v) is 4.84. The first-order valence-electron chi connectivity index (χ1n) is 6.97. The lowest BCUT2D eigenvalue weighted by Gasteiger charge is -2.20. The maximum absolute atomic E-state index is 11.7. The van der Waals surface area contributed by atoms with Crippen LogP contribution in [-0.4, -0.2) is 14.7 Å². The number of benzene rings is 1. The van der Waals surface area contributed by atoms with Crippen molar-refractivity contribution in [3.63, 3.8) is 0 Å². The number of rotatable bonds is 4. The van der Waals surface area contributed by atoms with Gasteiger partial charge >= 0.3 is 0 Å². The van der Waals surface area contributed by atoms with E-state index in [-0.39, 0.29) is 6.04 Å². The molecule has 0 saturated heterocycles. The van der Waals surface area contributed by atoms with Gasteiger partial charge in [0.15, 0.2) is 9.84 Å². The maximum atomic E-state index is 11.7. The second kappa shape index (κ2) is 6.52. The Morgan fingerprint density at radius 1 is 1.25 bits per heavy atom. The number of hydrogen-bond acceptors (Lipinski definition) is 4. The number of nitrogens with two attached hydrogens (primary N) is 1. The molecule has 0 aromatic heterocycles. The molecule has 0 saturated carbocycles. The summed E-state index contributed by atoms with van der Waals surface area (Å²) in [6, 6.07) is 6.92. The van der Waals surface area contributed by atoms with Crippen molar-refractivity contribution in [1.82, 2.24) is 5.43 Å². The normalized spacial score (nSPS) is 18.2. The van der Waals surface area contributed by atoms with Crippen LogP contribution < -0.4 is 11.3 Å².